The van der Waals surface area contributed by atoms with Crippen molar-refractivity contribution in [1.29, 1.82) is 0 Å². The number of rotatable bonds is 5. The van der Waals surface area contributed by atoms with E-state index >= 15 is 0 Å². The van der Waals surface area contributed by atoms with Crippen molar-refractivity contribution in [3.63, 3.8) is 0 Å². The lowest BCUT2D eigenvalue weighted by atomic mass is 10.2. The molecule has 1 aliphatic heterocycles. The molecular weight excluding hydrogens is 406 g/mol. The first-order valence-corrected chi connectivity index (χ1v) is 10.3. The second-order valence-electron chi connectivity index (χ2n) is 5.63. The molecule has 2 N–H and O–H groups in total. The van der Waals surface area contributed by atoms with Crippen molar-refractivity contribution in [1.82, 2.24) is 5.32 Å². The smallest absolute Gasteiger partial charge is 0.319 e. The van der Waals surface area contributed by atoms with Crippen molar-refractivity contribution >= 4 is 43.4 Å². The number of amides is 2. The summed E-state index contributed by atoms with van der Waals surface area (Å²) in [6.07, 6.45) is 0.714. The van der Waals surface area contributed by atoms with E-state index in [-0.39, 0.29) is 12.3 Å². The van der Waals surface area contributed by atoms with Crippen molar-refractivity contribution in [2.75, 3.05) is 28.5 Å². The zero-order chi connectivity index (χ0) is 17.9. The number of carbonyl (C=O) groups is 1. The van der Waals surface area contributed by atoms with Crippen LogP contribution in [0.2, 0.25) is 0 Å². The van der Waals surface area contributed by atoms with E-state index in [1.165, 1.54) is 4.31 Å². The average molecular weight is 424 g/mol. The molecule has 0 bridgehead atoms. The molecule has 132 valence electrons. The highest BCUT2D eigenvalue weighted by molar-refractivity contribution is 9.10. The third-order valence-corrected chi connectivity index (χ3v) is 6.41. The summed E-state index contributed by atoms with van der Waals surface area (Å²) >= 11 is 3.34. The quantitative estimate of drug-likeness (QED) is 0.775. The van der Waals surface area contributed by atoms with Gasteiger partial charge in [0.05, 0.1) is 17.1 Å². The van der Waals surface area contributed by atoms with E-state index in [2.05, 4.69) is 26.6 Å². The van der Waals surface area contributed by atoms with E-state index in [1.807, 2.05) is 36.4 Å². The first-order valence-electron chi connectivity index (χ1n) is 7.85. The molecule has 2 aromatic rings. The number of fused-ring (bicyclic) bond motifs is 1. The van der Waals surface area contributed by atoms with Crippen LogP contribution in [0.15, 0.2) is 53.0 Å². The number of sulfonamides is 1. The van der Waals surface area contributed by atoms with Crippen molar-refractivity contribution < 1.29 is 13.2 Å². The fourth-order valence-electron chi connectivity index (χ4n) is 2.73. The number of nitrogens with one attached hydrogen (secondary N) is 2. The minimum atomic E-state index is -3.47. The SMILES string of the molecule is O=C(NCCS(=O)(=O)N1CCc2ccccc21)Nc1ccccc1Br. The molecule has 25 heavy (non-hydrogen) atoms. The molecule has 0 aromatic heterocycles. The molecule has 8 heteroatoms. The Bertz CT molecular complexity index is 886. The van der Waals surface area contributed by atoms with Crippen LogP contribution in [-0.4, -0.2) is 33.3 Å². The van der Waals surface area contributed by atoms with Crippen molar-refractivity contribution in [2.24, 2.45) is 0 Å². The van der Waals surface area contributed by atoms with E-state index < -0.39 is 16.1 Å². The van der Waals surface area contributed by atoms with E-state index in [1.54, 1.807) is 12.1 Å². The van der Waals surface area contributed by atoms with Gasteiger partial charge in [0.2, 0.25) is 10.0 Å². The summed E-state index contributed by atoms with van der Waals surface area (Å²) in [5.41, 5.74) is 2.39. The Balaban J connectivity index is 1.55. The number of para-hydroxylation sites is 2. The first kappa shape index (κ1) is 17.8. The van der Waals surface area contributed by atoms with Crippen molar-refractivity contribution in [2.45, 2.75) is 6.42 Å². The van der Waals surface area contributed by atoms with Gasteiger partial charge in [-0.05, 0) is 46.1 Å². The predicted molar refractivity (Wildman–Crippen MR) is 102 cm³/mol. The van der Waals surface area contributed by atoms with Gasteiger partial charge >= 0.3 is 6.03 Å². The van der Waals surface area contributed by atoms with Gasteiger partial charge in [0, 0.05) is 17.6 Å². The topological polar surface area (TPSA) is 78.5 Å². The van der Waals surface area contributed by atoms with Crippen LogP contribution < -0.4 is 14.9 Å². The van der Waals surface area contributed by atoms with Crippen LogP contribution in [0.4, 0.5) is 16.2 Å². The summed E-state index contributed by atoms with van der Waals surface area (Å²) in [4.78, 5) is 11.9. The van der Waals surface area contributed by atoms with Gasteiger partial charge in [-0.3, -0.25) is 4.31 Å². The first-order chi connectivity index (χ1) is 12.0. The summed E-state index contributed by atoms with van der Waals surface area (Å²) in [7, 11) is -3.47. The minimum Gasteiger partial charge on any atom is -0.337 e. The maximum atomic E-state index is 12.5. The van der Waals surface area contributed by atoms with Gasteiger partial charge in [-0.1, -0.05) is 30.3 Å². The molecule has 0 aliphatic carbocycles. The van der Waals surface area contributed by atoms with Crippen molar-refractivity contribution in [3.05, 3.63) is 58.6 Å². The number of carbonyl (C=O) groups excluding carboxylic acids is 1. The molecule has 6 nitrogen and oxygen atoms in total. The number of nitrogens with zero attached hydrogens (tertiary/aromatic N) is 1. The van der Waals surface area contributed by atoms with Crippen LogP contribution in [0.25, 0.3) is 0 Å². The van der Waals surface area contributed by atoms with E-state index in [0.29, 0.717) is 18.7 Å². The Morgan fingerprint density at radius 1 is 1.12 bits per heavy atom. The molecule has 0 saturated carbocycles. The second kappa shape index (κ2) is 7.45. The van der Waals surface area contributed by atoms with Crippen molar-refractivity contribution in [3.8, 4) is 0 Å². The minimum absolute atomic E-state index is 0.0390. The number of urea groups is 1. The summed E-state index contributed by atoms with van der Waals surface area (Å²) in [5.74, 6) is -0.148. The third kappa shape index (κ3) is 4.13. The fourth-order valence-corrected chi connectivity index (χ4v) is 4.54. The lowest BCUT2D eigenvalue weighted by Gasteiger charge is -2.19. The van der Waals surface area contributed by atoms with Crippen LogP contribution >= 0.6 is 15.9 Å². The molecule has 0 fully saturated rings. The molecule has 0 atom stereocenters. The van der Waals surface area contributed by atoms with Gasteiger partial charge in [0.1, 0.15) is 0 Å². The lowest BCUT2D eigenvalue weighted by molar-refractivity contribution is 0.252. The monoisotopic (exact) mass is 423 g/mol. The van der Waals surface area contributed by atoms with Crippen LogP contribution in [-0.2, 0) is 16.4 Å². The number of anilines is 2. The van der Waals surface area contributed by atoms with E-state index in [0.717, 1.165) is 15.7 Å². The summed E-state index contributed by atoms with van der Waals surface area (Å²) in [6, 6.07) is 14.2. The highest BCUT2D eigenvalue weighted by Gasteiger charge is 2.28. The highest BCUT2D eigenvalue weighted by atomic mass is 79.9. The van der Waals surface area contributed by atoms with E-state index in [4.69, 9.17) is 0 Å². The Morgan fingerprint density at radius 2 is 1.84 bits per heavy atom. The van der Waals surface area contributed by atoms with Crippen LogP contribution in [0.1, 0.15) is 5.56 Å². The van der Waals surface area contributed by atoms with Gasteiger partial charge < -0.3 is 10.6 Å². The highest BCUT2D eigenvalue weighted by Crippen LogP contribution is 2.29. The van der Waals surface area contributed by atoms with Gasteiger partial charge in [-0.2, -0.15) is 0 Å². The van der Waals surface area contributed by atoms with Gasteiger partial charge in [0.15, 0.2) is 0 Å². The van der Waals surface area contributed by atoms with Gasteiger partial charge in [-0.15, -0.1) is 0 Å². The summed E-state index contributed by atoms with van der Waals surface area (Å²) in [6.45, 7) is 0.488. The molecule has 0 saturated heterocycles. The molecule has 1 aliphatic rings. The number of hydrogen-bond acceptors (Lipinski definition) is 3. The van der Waals surface area contributed by atoms with Crippen LogP contribution in [0.5, 0.6) is 0 Å². The molecule has 1 heterocycles. The lowest BCUT2D eigenvalue weighted by Crippen LogP contribution is -2.38. The van der Waals surface area contributed by atoms with E-state index in [9.17, 15) is 13.2 Å². The molecule has 0 spiro atoms. The third-order valence-electron chi connectivity index (χ3n) is 3.95. The van der Waals surface area contributed by atoms with Gasteiger partial charge in [-0.25, -0.2) is 13.2 Å². The normalized spacial score (nSPS) is 13.4. The van der Waals surface area contributed by atoms with Crippen LogP contribution in [0.3, 0.4) is 0 Å². The predicted octanol–water partition coefficient (Wildman–Crippen LogP) is 2.96. The Labute approximate surface area is 155 Å². The largest absolute Gasteiger partial charge is 0.337 e. The zero-order valence-corrected chi connectivity index (χ0v) is 15.8. The molecule has 2 amide bonds. The molecule has 0 radical (unpaired) electrons. The Kier molecular flexibility index (Phi) is 5.29. The fraction of sp³-hybridized carbons (Fsp3) is 0.235. The molecular formula is C17H18BrN3O3S. The standard InChI is InChI=1S/C17H18BrN3O3S/c18-14-6-2-3-7-15(14)20-17(22)19-10-12-25(23,24)21-11-9-13-5-1-4-8-16(13)21/h1-8H,9-12H2,(H2,19,20,22). The average Bonchev–Trinajstić information content (AvgIpc) is 3.02. The molecule has 2 aromatic carbocycles. The Hall–Kier alpha value is -2.06. The number of hydrogen-bond donors (Lipinski definition) is 2. The summed E-state index contributed by atoms with van der Waals surface area (Å²) in [5, 5.41) is 5.26. The Morgan fingerprint density at radius 3 is 2.64 bits per heavy atom. The summed E-state index contributed by atoms with van der Waals surface area (Å²) < 4.78 is 27.3. The number of halogens is 1. The molecule has 3 rings (SSSR count). The second-order valence-corrected chi connectivity index (χ2v) is 8.49. The van der Waals surface area contributed by atoms with Crippen LogP contribution in [0, 0.1) is 0 Å². The molecule has 0 unspecified atom stereocenters. The van der Waals surface area contributed by atoms with Gasteiger partial charge in [0.25, 0.3) is 0 Å². The zero-order valence-electron chi connectivity index (χ0n) is 13.4. The maximum Gasteiger partial charge on any atom is 0.319 e. The number of benzene rings is 2. The maximum absolute atomic E-state index is 12.5.